The maximum Gasteiger partial charge on any atom is 0.307 e. The van der Waals surface area contributed by atoms with Crippen molar-refractivity contribution in [2.24, 2.45) is 0 Å². The fourth-order valence-corrected chi connectivity index (χ4v) is 2.12. The van der Waals surface area contributed by atoms with E-state index in [4.69, 9.17) is 4.74 Å². The Kier molecular flexibility index (Phi) is 4.93. The van der Waals surface area contributed by atoms with Gasteiger partial charge in [0.15, 0.2) is 0 Å². The van der Waals surface area contributed by atoms with E-state index < -0.39 is 0 Å². The van der Waals surface area contributed by atoms with Crippen molar-refractivity contribution in [3.05, 3.63) is 48.0 Å². The lowest BCUT2D eigenvalue weighted by Crippen LogP contribution is -2.27. The Hall–Kier alpha value is -2.36. The number of hydrogen-bond acceptors (Lipinski definition) is 3. The molecular formula is C17H19NO3. The molecule has 0 aromatic heterocycles. The summed E-state index contributed by atoms with van der Waals surface area (Å²) in [4.78, 5) is 23.6. The van der Waals surface area contributed by atoms with Crippen molar-refractivity contribution in [2.75, 3.05) is 6.54 Å². The van der Waals surface area contributed by atoms with E-state index in [2.05, 4.69) is 5.32 Å². The largest absolute Gasteiger partial charge is 0.463 e. The summed E-state index contributed by atoms with van der Waals surface area (Å²) in [5.41, 5.74) is 0.616. The molecule has 4 nitrogen and oxygen atoms in total. The molecule has 0 saturated carbocycles. The van der Waals surface area contributed by atoms with Crippen LogP contribution in [0.1, 0.15) is 30.6 Å². The number of benzene rings is 2. The van der Waals surface area contributed by atoms with Crippen molar-refractivity contribution in [2.45, 2.75) is 26.4 Å². The zero-order valence-electron chi connectivity index (χ0n) is 12.3. The summed E-state index contributed by atoms with van der Waals surface area (Å²) >= 11 is 0. The van der Waals surface area contributed by atoms with E-state index in [-0.39, 0.29) is 30.9 Å². The second kappa shape index (κ2) is 6.88. The lowest BCUT2D eigenvalue weighted by Gasteiger charge is -2.09. The summed E-state index contributed by atoms with van der Waals surface area (Å²) in [6, 6.07) is 13.3. The Morgan fingerprint density at radius 1 is 1.10 bits per heavy atom. The summed E-state index contributed by atoms with van der Waals surface area (Å²) in [5.74, 6) is -0.479. The van der Waals surface area contributed by atoms with Crippen LogP contribution < -0.4 is 5.32 Å². The molecule has 1 amide bonds. The van der Waals surface area contributed by atoms with Gasteiger partial charge in [0.1, 0.15) is 0 Å². The molecule has 0 saturated heterocycles. The fraction of sp³-hybridized carbons (Fsp3) is 0.294. The monoisotopic (exact) mass is 285 g/mol. The Balaban J connectivity index is 1.98. The molecular weight excluding hydrogens is 266 g/mol. The van der Waals surface area contributed by atoms with Gasteiger partial charge < -0.3 is 10.1 Å². The average Bonchev–Trinajstić information content (AvgIpc) is 2.45. The first-order valence-electron chi connectivity index (χ1n) is 7.03. The first kappa shape index (κ1) is 15.0. The van der Waals surface area contributed by atoms with E-state index in [0.29, 0.717) is 5.56 Å². The normalized spacial score (nSPS) is 10.6. The van der Waals surface area contributed by atoms with Crippen molar-refractivity contribution in [1.82, 2.24) is 5.32 Å². The minimum absolute atomic E-state index is 0.133. The van der Waals surface area contributed by atoms with Crippen LogP contribution in [0.4, 0.5) is 0 Å². The summed E-state index contributed by atoms with van der Waals surface area (Å²) in [6.07, 6.45) is 0.0422. The quantitative estimate of drug-likeness (QED) is 0.859. The smallest absolute Gasteiger partial charge is 0.307 e. The molecule has 0 heterocycles. The Morgan fingerprint density at radius 2 is 1.81 bits per heavy atom. The first-order valence-corrected chi connectivity index (χ1v) is 7.03. The predicted octanol–water partition coefficient (Wildman–Crippen LogP) is 2.91. The number of fused-ring (bicyclic) bond motifs is 1. The third-order valence-corrected chi connectivity index (χ3v) is 3.02. The number of esters is 1. The summed E-state index contributed by atoms with van der Waals surface area (Å²) in [6.45, 7) is 3.87. The molecule has 2 aromatic rings. The highest BCUT2D eigenvalue weighted by atomic mass is 16.5. The van der Waals surface area contributed by atoms with Crippen molar-refractivity contribution in [1.29, 1.82) is 0 Å². The van der Waals surface area contributed by atoms with Gasteiger partial charge in [-0.15, -0.1) is 0 Å². The van der Waals surface area contributed by atoms with Gasteiger partial charge in [0.2, 0.25) is 0 Å². The van der Waals surface area contributed by atoms with E-state index in [1.807, 2.05) is 36.4 Å². The summed E-state index contributed by atoms with van der Waals surface area (Å²) in [5, 5.41) is 4.68. The van der Waals surface area contributed by atoms with E-state index in [1.54, 1.807) is 19.9 Å². The van der Waals surface area contributed by atoms with E-state index in [0.717, 1.165) is 10.8 Å². The fourth-order valence-electron chi connectivity index (χ4n) is 2.12. The number of nitrogens with one attached hydrogen (secondary N) is 1. The molecule has 0 fully saturated rings. The third kappa shape index (κ3) is 4.05. The van der Waals surface area contributed by atoms with E-state index >= 15 is 0 Å². The van der Waals surface area contributed by atoms with Gasteiger partial charge in [0.25, 0.3) is 5.91 Å². The van der Waals surface area contributed by atoms with Gasteiger partial charge in [-0.3, -0.25) is 9.59 Å². The molecule has 0 spiro atoms. The molecule has 0 aliphatic rings. The van der Waals surface area contributed by atoms with Crippen LogP contribution in [0.15, 0.2) is 42.5 Å². The highest BCUT2D eigenvalue weighted by Crippen LogP contribution is 2.18. The van der Waals surface area contributed by atoms with Gasteiger partial charge in [0.05, 0.1) is 12.5 Å². The van der Waals surface area contributed by atoms with Gasteiger partial charge in [-0.2, -0.15) is 0 Å². The summed E-state index contributed by atoms with van der Waals surface area (Å²) < 4.78 is 5.02. The predicted molar refractivity (Wildman–Crippen MR) is 82.1 cm³/mol. The van der Waals surface area contributed by atoms with Crippen molar-refractivity contribution in [3.63, 3.8) is 0 Å². The molecule has 0 radical (unpaired) electrons. The summed E-state index contributed by atoms with van der Waals surface area (Å²) in [7, 11) is 0. The number of carbonyl (C=O) groups is 2. The van der Waals surface area contributed by atoms with Crippen LogP contribution in [0.5, 0.6) is 0 Å². The number of amides is 1. The Morgan fingerprint density at radius 3 is 2.57 bits per heavy atom. The highest BCUT2D eigenvalue weighted by molar-refractivity contribution is 6.07. The number of hydrogen-bond donors (Lipinski definition) is 1. The molecule has 4 heteroatoms. The van der Waals surface area contributed by atoms with Crippen molar-refractivity contribution >= 4 is 22.6 Å². The van der Waals surface area contributed by atoms with Crippen molar-refractivity contribution in [3.8, 4) is 0 Å². The van der Waals surface area contributed by atoms with Gasteiger partial charge in [0, 0.05) is 12.1 Å². The molecule has 110 valence electrons. The molecule has 2 rings (SSSR count). The molecule has 0 bridgehead atoms. The van der Waals surface area contributed by atoms with Crippen LogP contribution in [0.3, 0.4) is 0 Å². The molecule has 0 aliphatic heterocycles. The Bertz CT molecular complexity index is 644. The first-order chi connectivity index (χ1) is 10.1. The molecule has 0 atom stereocenters. The second-order valence-electron chi connectivity index (χ2n) is 5.07. The Labute approximate surface area is 124 Å². The molecule has 0 unspecified atom stereocenters. The van der Waals surface area contributed by atoms with Gasteiger partial charge in [-0.05, 0) is 30.7 Å². The lowest BCUT2D eigenvalue weighted by molar-refractivity contribution is -0.147. The van der Waals surface area contributed by atoms with Crippen molar-refractivity contribution < 1.29 is 14.3 Å². The van der Waals surface area contributed by atoms with Gasteiger partial charge >= 0.3 is 5.97 Å². The lowest BCUT2D eigenvalue weighted by atomic mass is 10.0. The van der Waals surface area contributed by atoms with E-state index in [9.17, 15) is 9.59 Å². The van der Waals surface area contributed by atoms with Crippen LogP contribution in [0.25, 0.3) is 10.8 Å². The standard InChI is InChI=1S/C17H19NO3/c1-12(2)21-16(19)10-11-18-17(20)15-9-5-7-13-6-3-4-8-14(13)15/h3-9,12H,10-11H2,1-2H3,(H,18,20). The zero-order valence-corrected chi connectivity index (χ0v) is 12.3. The second-order valence-corrected chi connectivity index (χ2v) is 5.07. The van der Waals surface area contributed by atoms with Crippen LogP contribution in [0, 0.1) is 0 Å². The molecule has 0 aliphatic carbocycles. The van der Waals surface area contributed by atoms with Crippen LogP contribution >= 0.6 is 0 Å². The molecule has 2 aromatic carbocycles. The minimum Gasteiger partial charge on any atom is -0.463 e. The van der Waals surface area contributed by atoms with Gasteiger partial charge in [-0.1, -0.05) is 36.4 Å². The average molecular weight is 285 g/mol. The van der Waals surface area contributed by atoms with Crippen LogP contribution in [-0.2, 0) is 9.53 Å². The van der Waals surface area contributed by atoms with Gasteiger partial charge in [-0.25, -0.2) is 0 Å². The zero-order chi connectivity index (χ0) is 15.2. The molecule has 1 N–H and O–H groups in total. The minimum atomic E-state index is -0.303. The maximum atomic E-state index is 12.2. The highest BCUT2D eigenvalue weighted by Gasteiger charge is 2.10. The van der Waals surface area contributed by atoms with Crippen LogP contribution in [-0.4, -0.2) is 24.5 Å². The third-order valence-electron chi connectivity index (χ3n) is 3.02. The number of carbonyl (C=O) groups excluding carboxylic acids is 2. The SMILES string of the molecule is CC(C)OC(=O)CCNC(=O)c1cccc2ccccc12. The van der Waals surface area contributed by atoms with E-state index in [1.165, 1.54) is 0 Å². The topological polar surface area (TPSA) is 55.4 Å². The van der Waals surface area contributed by atoms with Crippen LogP contribution in [0.2, 0.25) is 0 Å². The molecule has 21 heavy (non-hydrogen) atoms. The maximum absolute atomic E-state index is 12.2. The number of ether oxygens (including phenoxy) is 1. The number of rotatable bonds is 5.